The van der Waals surface area contributed by atoms with E-state index in [0.717, 1.165) is 16.3 Å². The summed E-state index contributed by atoms with van der Waals surface area (Å²) < 4.78 is 5.50. The van der Waals surface area contributed by atoms with Crippen LogP contribution in [0.2, 0.25) is 0 Å². The van der Waals surface area contributed by atoms with E-state index in [1.807, 2.05) is 79.7 Å². The van der Waals surface area contributed by atoms with Crippen LogP contribution in [0, 0.1) is 6.92 Å². The minimum Gasteiger partial charge on any atom is -0.508 e. The number of nitrogens with zero attached hydrogens (tertiary/aromatic N) is 1. The molecule has 8 heteroatoms. The summed E-state index contributed by atoms with van der Waals surface area (Å²) in [6.45, 7) is 9.17. The number of anilines is 1. The van der Waals surface area contributed by atoms with Gasteiger partial charge < -0.3 is 25.4 Å². The number of aromatic hydroxyl groups is 1. The van der Waals surface area contributed by atoms with Crippen molar-refractivity contribution >= 4 is 34.4 Å². The molecule has 0 aliphatic rings. The van der Waals surface area contributed by atoms with Crippen LogP contribution in [0.4, 0.5) is 10.5 Å². The molecule has 4 aromatic rings. The lowest BCUT2D eigenvalue weighted by Crippen LogP contribution is -2.53. The first-order chi connectivity index (χ1) is 20.9. The van der Waals surface area contributed by atoms with E-state index in [2.05, 4.69) is 10.6 Å². The first-order valence-electron chi connectivity index (χ1n) is 14.9. The number of hydrogen-bond donors (Lipinski definition) is 3. The number of phenolic OH excluding ortho intramolecular Hbond substituents is 1. The minimum absolute atomic E-state index is 0.0874. The Hall–Kier alpha value is -4.85. The highest BCUT2D eigenvalue weighted by atomic mass is 16.6. The largest absolute Gasteiger partial charge is 0.508 e. The van der Waals surface area contributed by atoms with Crippen molar-refractivity contribution in [1.82, 2.24) is 10.2 Å². The summed E-state index contributed by atoms with van der Waals surface area (Å²) in [5.41, 5.74) is 1.78. The fourth-order valence-corrected chi connectivity index (χ4v) is 5.11. The molecule has 0 bridgehead atoms. The molecule has 0 aromatic heterocycles. The van der Waals surface area contributed by atoms with Crippen LogP contribution in [0.5, 0.6) is 5.75 Å². The number of alkyl carbamates (subject to hydrolysis) is 1. The summed E-state index contributed by atoms with van der Waals surface area (Å²) in [5.74, 6) is -0.752. The van der Waals surface area contributed by atoms with E-state index in [4.69, 9.17) is 4.74 Å². The second kappa shape index (κ2) is 14.1. The molecule has 0 saturated heterocycles. The van der Waals surface area contributed by atoms with Gasteiger partial charge in [-0.25, -0.2) is 4.79 Å². The smallest absolute Gasteiger partial charge is 0.408 e. The first kappa shape index (κ1) is 32.1. The molecule has 4 rings (SSSR count). The number of hydrogen-bond acceptors (Lipinski definition) is 5. The molecule has 0 radical (unpaired) electrons. The van der Waals surface area contributed by atoms with Crippen LogP contribution >= 0.6 is 0 Å². The molecule has 3 amide bonds. The molecule has 44 heavy (non-hydrogen) atoms. The average molecular weight is 596 g/mol. The van der Waals surface area contributed by atoms with Gasteiger partial charge in [-0.05, 0) is 85.8 Å². The molecule has 0 heterocycles. The van der Waals surface area contributed by atoms with Gasteiger partial charge in [0.2, 0.25) is 5.91 Å². The second-order valence-corrected chi connectivity index (χ2v) is 11.9. The van der Waals surface area contributed by atoms with E-state index in [9.17, 15) is 19.5 Å². The Morgan fingerprint density at radius 1 is 0.886 bits per heavy atom. The minimum atomic E-state index is -1.05. The Bertz CT molecular complexity index is 1610. The molecular weight excluding hydrogens is 554 g/mol. The predicted octanol–water partition coefficient (Wildman–Crippen LogP) is 6.91. The summed E-state index contributed by atoms with van der Waals surface area (Å²) >= 11 is 0. The van der Waals surface area contributed by atoms with Gasteiger partial charge in [-0.2, -0.15) is 0 Å². The zero-order valence-electron chi connectivity index (χ0n) is 26.0. The molecule has 8 nitrogen and oxygen atoms in total. The monoisotopic (exact) mass is 595 g/mol. The average Bonchev–Trinajstić information content (AvgIpc) is 2.97. The van der Waals surface area contributed by atoms with E-state index in [0.29, 0.717) is 23.2 Å². The van der Waals surface area contributed by atoms with Gasteiger partial charge in [0.05, 0.1) is 0 Å². The number of nitrogens with one attached hydrogen (secondary N) is 2. The van der Waals surface area contributed by atoms with E-state index in [-0.39, 0.29) is 18.7 Å². The number of phenols is 1. The van der Waals surface area contributed by atoms with Crippen molar-refractivity contribution in [3.8, 4) is 5.75 Å². The van der Waals surface area contributed by atoms with Crippen LogP contribution in [-0.2, 0) is 20.7 Å². The van der Waals surface area contributed by atoms with Gasteiger partial charge in [0.1, 0.15) is 23.4 Å². The fourth-order valence-electron chi connectivity index (χ4n) is 5.11. The lowest BCUT2D eigenvalue weighted by Gasteiger charge is -2.34. The van der Waals surface area contributed by atoms with Gasteiger partial charge in [0, 0.05) is 18.7 Å². The molecule has 0 aliphatic heterocycles. The SMILES string of the molecule is CCCN(C(=O)C(Cc1ccccc1)NC(=O)OC(C)(C)C)C(C(=O)Nc1ccc2ccccc2c1)c1ccc(O)c(C)c1. The van der Waals surface area contributed by atoms with Crippen molar-refractivity contribution in [2.75, 3.05) is 11.9 Å². The number of amides is 3. The van der Waals surface area contributed by atoms with Crippen molar-refractivity contribution in [2.45, 2.75) is 65.1 Å². The Labute approximate surface area is 259 Å². The van der Waals surface area contributed by atoms with Crippen molar-refractivity contribution in [3.63, 3.8) is 0 Å². The normalized spacial score (nSPS) is 12.7. The number of benzene rings is 4. The second-order valence-electron chi connectivity index (χ2n) is 11.9. The molecule has 230 valence electrons. The summed E-state index contributed by atoms with van der Waals surface area (Å²) in [5, 5.41) is 18.0. The number of carbonyl (C=O) groups excluding carboxylic acids is 3. The molecule has 0 aliphatic carbocycles. The number of ether oxygens (including phenoxy) is 1. The Kier molecular flexibility index (Phi) is 10.3. The molecule has 0 fully saturated rings. The van der Waals surface area contributed by atoms with Gasteiger partial charge in [0.25, 0.3) is 5.91 Å². The maximum atomic E-state index is 14.5. The number of carbonyl (C=O) groups is 3. The van der Waals surface area contributed by atoms with Crippen LogP contribution in [0.15, 0.2) is 91.0 Å². The van der Waals surface area contributed by atoms with Gasteiger partial charge in [-0.1, -0.05) is 73.7 Å². The molecule has 3 N–H and O–H groups in total. The number of aryl methyl sites for hydroxylation is 1. The van der Waals surface area contributed by atoms with E-state index in [1.165, 1.54) is 11.0 Å². The van der Waals surface area contributed by atoms with E-state index >= 15 is 0 Å². The van der Waals surface area contributed by atoms with Crippen LogP contribution in [-0.4, -0.2) is 46.1 Å². The Morgan fingerprint density at radius 3 is 2.23 bits per heavy atom. The molecule has 2 atom stereocenters. The van der Waals surface area contributed by atoms with Crippen LogP contribution in [0.1, 0.15) is 56.8 Å². The van der Waals surface area contributed by atoms with E-state index in [1.54, 1.807) is 39.8 Å². The van der Waals surface area contributed by atoms with E-state index < -0.39 is 35.6 Å². The maximum Gasteiger partial charge on any atom is 0.408 e. The first-order valence-corrected chi connectivity index (χ1v) is 14.9. The van der Waals surface area contributed by atoms with Gasteiger partial charge in [0.15, 0.2) is 0 Å². The lowest BCUT2D eigenvalue weighted by atomic mass is 9.98. The molecule has 0 spiro atoms. The summed E-state index contributed by atoms with van der Waals surface area (Å²) in [7, 11) is 0. The van der Waals surface area contributed by atoms with Crippen LogP contribution in [0.25, 0.3) is 10.8 Å². The Balaban J connectivity index is 1.74. The highest BCUT2D eigenvalue weighted by Crippen LogP contribution is 2.29. The van der Waals surface area contributed by atoms with Crippen molar-refractivity contribution < 1.29 is 24.2 Å². The molecule has 4 aromatic carbocycles. The highest BCUT2D eigenvalue weighted by molar-refractivity contribution is 6.00. The Morgan fingerprint density at radius 2 is 1.57 bits per heavy atom. The van der Waals surface area contributed by atoms with Crippen molar-refractivity contribution in [2.24, 2.45) is 0 Å². The molecular formula is C36H41N3O5. The van der Waals surface area contributed by atoms with Crippen molar-refractivity contribution in [3.05, 3.63) is 108 Å². The van der Waals surface area contributed by atoms with Crippen LogP contribution < -0.4 is 10.6 Å². The third-order valence-electron chi connectivity index (χ3n) is 7.13. The quantitative estimate of drug-likeness (QED) is 0.185. The summed E-state index contributed by atoms with van der Waals surface area (Å²) in [6.07, 6.45) is 0.0423. The van der Waals surface area contributed by atoms with Crippen molar-refractivity contribution in [1.29, 1.82) is 0 Å². The highest BCUT2D eigenvalue weighted by Gasteiger charge is 2.36. The standard InChI is InChI=1S/C36H41N3O5/c1-6-20-39(34(42)30(22-25-12-8-7-9-13-25)38-35(43)44-36(3,4)5)32(28-17-19-31(40)24(2)21-28)33(41)37-29-18-16-26-14-10-11-15-27(26)23-29/h7-19,21,23,30,32,40H,6,20,22H2,1-5H3,(H,37,41)(H,38,43). The third kappa shape index (κ3) is 8.37. The topological polar surface area (TPSA) is 108 Å². The lowest BCUT2D eigenvalue weighted by molar-refractivity contribution is -0.140. The predicted molar refractivity (Wildman–Crippen MR) is 173 cm³/mol. The zero-order valence-corrected chi connectivity index (χ0v) is 26.0. The summed E-state index contributed by atoms with van der Waals surface area (Å²) in [4.78, 5) is 43.1. The van der Waals surface area contributed by atoms with Gasteiger partial charge in [-0.15, -0.1) is 0 Å². The third-order valence-corrected chi connectivity index (χ3v) is 7.13. The number of rotatable bonds is 10. The number of fused-ring (bicyclic) bond motifs is 1. The zero-order chi connectivity index (χ0) is 31.9. The molecule has 0 saturated carbocycles. The van der Waals surface area contributed by atoms with Gasteiger partial charge >= 0.3 is 6.09 Å². The molecule has 2 unspecified atom stereocenters. The van der Waals surface area contributed by atoms with Gasteiger partial charge in [-0.3, -0.25) is 9.59 Å². The fraction of sp³-hybridized carbons (Fsp3) is 0.306. The summed E-state index contributed by atoms with van der Waals surface area (Å²) in [6, 6.07) is 25.7. The maximum absolute atomic E-state index is 14.5. The van der Waals surface area contributed by atoms with Crippen LogP contribution in [0.3, 0.4) is 0 Å².